The molecule has 0 N–H and O–H groups in total. The minimum Gasteiger partial charge on any atom is -0.509 e. The fourth-order valence-electron chi connectivity index (χ4n) is 11.5. The summed E-state index contributed by atoms with van der Waals surface area (Å²) in [4.78, 5) is 7.14. The predicted molar refractivity (Wildman–Crippen MR) is 330 cm³/mol. The number of rotatable bonds is 7. The second-order valence-corrected chi connectivity index (χ2v) is 22.5. The normalized spacial score (nSPS) is 13.2. The van der Waals surface area contributed by atoms with Gasteiger partial charge < -0.3 is 18.8 Å². The Morgan fingerprint density at radius 2 is 1.11 bits per heavy atom. The molecule has 0 radical (unpaired) electrons. The molecule has 0 amide bonds. The van der Waals surface area contributed by atoms with Crippen LogP contribution in [0, 0.1) is 18.8 Å². The summed E-state index contributed by atoms with van der Waals surface area (Å²) in [7, 11) is 0. The number of ether oxygens (including phenoxy) is 1. The Labute approximate surface area is 489 Å². The van der Waals surface area contributed by atoms with Crippen LogP contribution in [0.1, 0.15) is 59.5 Å². The number of hydrogen-bond acceptors (Lipinski definition) is 3. The van der Waals surface area contributed by atoms with E-state index in [9.17, 15) is 0 Å². The first-order chi connectivity index (χ1) is 40.5. The molecule has 0 atom stereocenters. The van der Waals surface area contributed by atoms with Crippen molar-refractivity contribution in [3.05, 3.63) is 260 Å². The van der Waals surface area contributed by atoms with Gasteiger partial charge in [0.15, 0.2) is 0 Å². The van der Waals surface area contributed by atoms with Crippen LogP contribution in [0.3, 0.4) is 0 Å². The molecule has 4 heterocycles. The fraction of sp³-hybridized carbons (Fsp3) is 0.108. The van der Waals surface area contributed by atoms with Gasteiger partial charge in [-0.05, 0) is 141 Å². The van der Waals surface area contributed by atoms with Gasteiger partial charge in [-0.1, -0.05) is 216 Å². The van der Waals surface area contributed by atoms with Crippen LogP contribution in [0.15, 0.2) is 231 Å². The smallest absolute Gasteiger partial charge is 0.135 e. The maximum atomic E-state index is 9.12. The first-order valence-corrected chi connectivity index (χ1v) is 26.8. The second-order valence-electron chi connectivity index (χ2n) is 22.5. The quantitative estimate of drug-likeness (QED) is 0.149. The molecule has 0 saturated heterocycles. The molecule has 0 fully saturated rings. The number of hydrogen-bond donors (Lipinski definition) is 0. The molecule has 6 heteroatoms. The zero-order valence-corrected chi connectivity index (χ0v) is 47.4. The van der Waals surface area contributed by atoms with Crippen molar-refractivity contribution in [3.8, 4) is 50.7 Å². The van der Waals surface area contributed by atoms with E-state index in [-0.39, 0.29) is 61.6 Å². The number of benzene rings is 10. The molecule has 1 aliphatic heterocycles. The molecule has 13 aromatic rings. The molecule has 0 spiro atoms. The van der Waals surface area contributed by atoms with Crippen LogP contribution >= 0.6 is 0 Å². The van der Waals surface area contributed by atoms with Crippen molar-refractivity contribution in [2.45, 2.75) is 52.4 Å². The van der Waals surface area contributed by atoms with Gasteiger partial charge in [-0.25, -0.2) is 4.98 Å². The largest absolute Gasteiger partial charge is 0.509 e. The summed E-state index contributed by atoms with van der Waals surface area (Å²) in [5.74, 6) is 1.84. The Bertz CT molecular complexity index is 4930. The summed E-state index contributed by atoms with van der Waals surface area (Å²) in [6, 6.07) is 73.3. The van der Waals surface area contributed by atoms with E-state index in [1.165, 1.54) is 5.56 Å². The Hall–Kier alpha value is -8.89. The third-order valence-electron chi connectivity index (χ3n) is 15.5. The van der Waals surface area contributed by atoms with Crippen molar-refractivity contribution >= 4 is 76.5 Å². The molecule has 5 nitrogen and oxygen atoms in total. The Morgan fingerprint density at radius 3 is 1.84 bits per heavy atom. The number of pyridine rings is 1. The summed E-state index contributed by atoms with van der Waals surface area (Å²) >= 11 is 0. The first kappa shape index (κ1) is 45.0. The third kappa shape index (κ3) is 8.78. The van der Waals surface area contributed by atoms with E-state index in [4.69, 9.17) is 16.6 Å². The van der Waals surface area contributed by atoms with Crippen LogP contribution in [0.4, 0.5) is 11.4 Å². The van der Waals surface area contributed by atoms with Crippen LogP contribution < -0.4 is 9.64 Å². The van der Waals surface area contributed by atoms with Gasteiger partial charge in [-0.2, -0.15) is 12.1 Å². The topological polar surface area (TPSA) is 35.2 Å². The maximum absolute atomic E-state index is 9.12. The summed E-state index contributed by atoms with van der Waals surface area (Å²) in [6.07, 6.45) is 1.89. The van der Waals surface area contributed by atoms with Gasteiger partial charge in [0, 0.05) is 50.0 Å². The molecule has 1 aliphatic rings. The van der Waals surface area contributed by atoms with Crippen molar-refractivity contribution in [3.63, 3.8) is 0 Å². The zero-order chi connectivity index (χ0) is 57.9. The first-order valence-electron chi connectivity index (χ1n) is 29.3. The SMILES string of the molecule is [2H]c1c([2H])c([2H])c(-c2cc(-c3cccc4c5ccccc5c5ccccc5c5cccc6c5n(c34)[CH-]N6c3[c-]c(Oc4[c-]c5c(cc4)c4cc(-c6ccccc6)ccc4n5-c4cc(C(C)(C)C)ccn4)ccc3)cc(C(C)(C)C)c2)c([2H])c1[2H].[Pt]. The van der Waals surface area contributed by atoms with Crippen molar-refractivity contribution < 1.29 is 32.7 Å². The molecule has 10 aromatic carbocycles. The van der Waals surface area contributed by atoms with E-state index in [1.54, 1.807) is 0 Å². The van der Waals surface area contributed by atoms with E-state index in [0.717, 1.165) is 110 Å². The number of anilines is 2. The van der Waals surface area contributed by atoms with Gasteiger partial charge in [0.2, 0.25) is 0 Å². The van der Waals surface area contributed by atoms with E-state index in [0.29, 0.717) is 17.1 Å². The summed E-state index contributed by atoms with van der Waals surface area (Å²) in [6.45, 7) is 15.2. The Kier molecular flexibility index (Phi) is 11.1. The minimum absolute atomic E-state index is 0. The average Bonchev–Trinajstić information content (AvgIpc) is 1.94. The summed E-state index contributed by atoms with van der Waals surface area (Å²) in [5, 5.41) is 8.45. The maximum Gasteiger partial charge on any atom is 0.135 e. The monoisotopic (exact) mass is 1220 g/mol. The molecule has 80 heavy (non-hydrogen) atoms. The van der Waals surface area contributed by atoms with Crippen molar-refractivity contribution in [1.29, 1.82) is 0 Å². The van der Waals surface area contributed by atoms with E-state index in [2.05, 4.69) is 226 Å². The Morgan fingerprint density at radius 1 is 0.475 bits per heavy atom. The molecule has 0 unspecified atom stereocenters. The van der Waals surface area contributed by atoms with Crippen LogP contribution in [0.25, 0.3) is 104 Å². The second kappa shape index (κ2) is 19.8. The number of aromatic nitrogens is 3. The van der Waals surface area contributed by atoms with Crippen LogP contribution in [0.2, 0.25) is 0 Å². The van der Waals surface area contributed by atoms with Crippen molar-refractivity contribution in [2.75, 3.05) is 4.90 Å². The van der Waals surface area contributed by atoms with E-state index in [1.807, 2.05) is 48.7 Å². The molecular weight excluding hydrogens is 1160 g/mol. The molecule has 0 saturated carbocycles. The number of nitrogens with zero attached hydrogens (tertiary/aromatic N) is 4. The number of fused-ring (bicyclic) bond motifs is 10. The molecule has 392 valence electrons. The van der Waals surface area contributed by atoms with Crippen LogP contribution in [0.5, 0.6) is 11.5 Å². The standard InChI is InChI=1S/C74H57N4O.Pt/c1-73(2,3)53-38-39-75-70(44-53)78-67-37-34-50(48-20-9-7-10-21-48)43-66(67)63-36-35-57(46-69(63)78)79-56-25-17-24-55(45-56)76-47-77-71-58(52-40-51(49-22-11-8-12-23-49)41-54(42-52)74(4,5)6)30-18-31-64(71)61-28-15-13-26-59(61)60-27-14-16-29-62(60)65-32-19-33-68(76)72(65)77;/h7-44,47H,1-6H3;/q-3;/i8D,11D,12D,22D,23D;. The van der Waals surface area contributed by atoms with Crippen molar-refractivity contribution in [1.82, 2.24) is 14.1 Å². The molecule has 0 aliphatic carbocycles. The van der Waals surface area contributed by atoms with Gasteiger partial charge in [-0.3, -0.25) is 0 Å². The molecule has 14 rings (SSSR count). The van der Waals surface area contributed by atoms with Crippen LogP contribution in [-0.2, 0) is 31.9 Å². The van der Waals surface area contributed by atoms with Gasteiger partial charge >= 0.3 is 0 Å². The summed E-state index contributed by atoms with van der Waals surface area (Å²) < 4.78 is 55.4. The Balaban J connectivity index is 0.00000672. The van der Waals surface area contributed by atoms with Crippen LogP contribution in [-0.4, -0.2) is 14.1 Å². The van der Waals surface area contributed by atoms with Crippen molar-refractivity contribution in [2.24, 2.45) is 0 Å². The van der Waals surface area contributed by atoms with Gasteiger partial charge in [0.1, 0.15) is 5.82 Å². The summed E-state index contributed by atoms with van der Waals surface area (Å²) in [5.41, 5.74) is 11.8. The van der Waals surface area contributed by atoms with Gasteiger partial charge in [0.25, 0.3) is 0 Å². The van der Waals surface area contributed by atoms with Gasteiger partial charge in [-0.15, -0.1) is 35.7 Å². The van der Waals surface area contributed by atoms with E-state index < -0.39 is 6.04 Å². The fourth-order valence-corrected chi connectivity index (χ4v) is 11.5. The zero-order valence-electron chi connectivity index (χ0n) is 50.1. The average molecular weight is 1220 g/mol. The molecule has 3 aromatic heterocycles. The van der Waals surface area contributed by atoms with Gasteiger partial charge in [0.05, 0.1) is 6.85 Å². The molecule has 0 bridgehead atoms. The van der Waals surface area contributed by atoms with E-state index >= 15 is 0 Å². The molecular formula is C74H57N4OPt-3. The number of para-hydroxylation sites is 2. The predicted octanol–water partition coefficient (Wildman–Crippen LogP) is 19.8. The minimum atomic E-state index is -0.424. The third-order valence-corrected chi connectivity index (χ3v) is 15.5.